The Bertz CT molecular complexity index is 362. The molecular weight excluding hydrogens is 212 g/mol. The molecule has 0 spiro atoms. The van der Waals surface area contributed by atoms with Crippen molar-refractivity contribution in [2.24, 2.45) is 5.73 Å². The fourth-order valence-corrected chi connectivity index (χ4v) is 1.72. The molecule has 1 aromatic carbocycles. The minimum absolute atomic E-state index is 0.0436. The summed E-state index contributed by atoms with van der Waals surface area (Å²) >= 11 is 0. The molecule has 17 heavy (non-hydrogen) atoms. The van der Waals surface area contributed by atoms with E-state index in [1.165, 1.54) is 0 Å². The standard InChI is InChI=1S/C14H20N2O/c1-3-10-16(11-4-2)14(17)13(15)12-8-6-5-7-9-12/h3,5-9,13H,1,4,10-11,15H2,2H3. The molecule has 0 saturated carbocycles. The monoisotopic (exact) mass is 232 g/mol. The van der Waals surface area contributed by atoms with Crippen LogP contribution in [0.15, 0.2) is 43.0 Å². The molecule has 92 valence electrons. The lowest BCUT2D eigenvalue weighted by atomic mass is 10.1. The Morgan fingerprint density at radius 2 is 2.12 bits per heavy atom. The van der Waals surface area contributed by atoms with Gasteiger partial charge in [0.05, 0.1) is 0 Å². The maximum absolute atomic E-state index is 12.2. The van der Waals surface area contributed by atoms with Crippen molar-refractivity contribution in [3.63, 3.8) is 0 Å². The maximum Gasteiger partial charge on any atom is 0.244 e. The van der Waals surface area contributed by atoms with E-state index in [2.05, 4.69) is 6.58 Å². The van der Waals surface area contributed by atoms with Gasteiger partial charge in [0, 0.05) is 13.1 Å². The number of nitrogens with zero attached hydrogens (tertiary/aromatic N) is 1. The molecule has 0 saturated heterocycles. The minimum atomic E-state index is -0.581. The van der Waals surface area contributed by atoms with E-state index < -0.39 is 6.04 Å². The number of hydrogen-bond donors (Lipinski definition) is 1. The highest BCUT2D eigenvalue weighted by Gasteiger charge is 2.20. The third-order valence-corrected chi connectivity index (χ3v) is 2.58. The van der Waals surface area contributed by atoms with Crippen molar-refractivity contribution in [2.45, 2.75) is 19.4 Å². The van der Waals surface area contributed by atoms with E-state index in [0.29, 0.717) is 13.1 Å². The molecule has 3 nitrogen and oxygen atoms in total. The van der Waals surface area contributed by atoms with Crippen LogP contribution in [0.4, 0.5) is 0 Å². The summed E-state index contributed by atoms with van der Waals surface area (Å²) in [5.74, 6) is -0.0436. The first-order valence-electron chi connectivity index (χ1n) is 5.91. The highest BCUT2D eigenvalue weighted by molar-refractivity contribution is 5.83. The van der Waals surface area contributed by atoms with Crippen molar-refractivity contribution in [3.05, 3.63) is 48.6 Å². The highest BCUT2D eigenvalue weighted by atomic mass is 16.2. The Labute approximate surface area is 103 Å². The molecule has 0 radical (unpaired) electrons. The van der Waals surface area contributed by atoms with Gasteiger partial charge in [0.2, 0.25) is 5.91 Å². The second-order valence-electron chi connectivity index (χ2n) is 3.96. The lowest BCUT2D eigenvalue weighted by molar-refractivity contribution is -0.132. The molecule has 1 rings (SSSR count). The second kappa shape index (κ2) is 6.86. The fourth-order valence-electron chi connectivity index (χ4n) is 1.72. The normalized spacial score (nSPS) is 11.9. The van der Waals surface area contributed by atoms with Crippen LogP contribution >= 0.6 is 0 Å². The second-order valence-corrected chi connectivity index (χ2v) is 3.96. The van der Waals surface area contributed by atoms with E-state index >= 15 is 0 Å². The zero-order valence-corrected chi connectivity index (χ0v) is 10.3. The van der Waals surface area contributed by atoms with Crippen LogP contribution in [0.3, 0.4) is 0 Å². The molecule has 0 aliphatic carbocycles. The molecule has 1 atom stereocenters. The molecular formula is C14H20N2O. The quantitative estimate of drug-likeness (QED) is 0.764. The van der Waals surface area contributed by atoms with Gasteiger partial charge in [0.1, 0.15) is 6.04 Å². The van der Waals surface area contributed by atoms with Gasteiger partial charge in [-0.3, -0.25) is 4.79 Å². The third-order valence-electron chi connectivity index (χ3n) is 2.58. The summed E-state index contributed by atoms with van der Waals surface area (Å²) in [6, 6.07) is 8.86. The Hall–Kier alpha value is -1.61. The number of carbonyl (C=O) groups is 1. The van der Waals surface area contributed by atoms with Crippen LogP contribution in [0.1, 0.15) is 24.9 Å². The first-order chi connectivity index (χ1) is 8.20. The fraction of sp³-hybridized carbons (Fsp3) is 0.357. The molecule has 0 aromatic heterocycles. The van der Waals surface area contributed by atoms with Crippen molar-refractivity contribution >= 4 is 5.91 Å². The van der Waals surface area contributed by atoms with Gasteiger partial charge in [0.25, 0.3) is 0 Å². The summed E-state index contributed by atoms with van der Waals surface area (Å²) in [6.45, 7) is 6.96. The number of rotatable bonds is 6. The van der Waals surface area contributed by atoms with E-state index in [0.717, 1.165) is 12.0 Å². The molecule has 1 aromatic rings. The maximum atomic E-state index is 12.2. The smallest absolute Gasteiger partial charge is 0.244 e. The van der Waals surface area contributed by atoms with E-state index in [4.69, 9.17) is 5.73 Å². The van der Waals surface area contributed by atoms with Crippen molar-refractivity contribution < 1.29 is 4.79 Å². The van der Waals surface area contributed by atoms with E-state index in [1.807, 2.05) is 37.3 Å². The Morgan fingerprint density at radius 3 is 2.65 bits per heavy atom. The SMILES string of the molecule is C=CCN(CCC)C(=O)C(N)c1ccccc1. The van der Waals surface area contributed by atoms with Gasteiger partial charge in [-0.2, -0.15) is 0 Å². The summed E-state index contributed by atoms with van der Waals surface area (Å²) in [7, 11) is 0. The Balaban J connectivity index is 2.76. The molecule has 2 N–H and O–H groups in total. The first kappa shape index (κ1) is 13.5. The molecule has 0 bridgehead atoms. The molecule has 1 unspecified atom stereocenters. The predicted molar refractivity (Wildman–Crippen MR) is 70.4 cm³/mol. The summed E-state index contributed by atoms with van der Waals surface area (Å²) in [6.07, 6.45) is 2.65. The topological polar surface area (TPSA) is 46.3 Å². The van der Waals surface area contributed by atoms with Crippen LogP contribution in [0.25, 0.3) is 0 Å². The highest BCUT2D eigenvalue weighted by Crippen LogP contribution is 2.13. The number of hydrogen-bond acceptors (Lipinski definition) is 2. The van der Waals surface area contributed by atoms with Crippen molar-refractivity contribution in [1.82, 2.24) is 4.90 Å². The van der Waals surface area contributed by atoms with Crippen LogP contribution < -0.4 is 5.73 Å². The van der Waals surface area contributed by atoms with E-state index in [9.17, 15) is 4.79 Å². The summed E-state index contributed by atoms with van der Waals surface area (Å²) in [5.41, 5.74) is 6.82. The Morgan fingerprint density at radius 1 is 1.47 bits per heavy atom. The average molecular weight is 232 g/mol. The Kier molecular flexibility index (Phi) is 5.43. The largest absolute Gasteiger partial charge is 0.337 e. The van der Waals surface area contributed by atoms with Crippen LogP contribution in [0.5, 0.6) is 0 Å². The number of amides is 1. The zero-order valence-electron chi connectivity index (χ0n) is 10.3. The average Bonchev–Trinajstić information content (AvgIpc) is 2.38. The molecule has 0 fully saturated rings. The van der Waals surface area contributed by atoms with E-state index in [-0.39, 0.29) is 5.91 Å². The van der Waals surface area contributed by atoms with Gasteiger partial charge < -0.3 is 10.6 Å². The van der Waals surface area contributed by atoms with Crippen molar-refractivity contribution in [3.8, 4) is 0 Å². The number of benzene rings is 1. The van der Waals surface area contributed by atoms with Crippen LogP contribution in [0.2, 0.25) is 0 Å². The minimum Gasteiger partial charge on any atom is -0.337 e. The molecule has 1 amide bonds. The molecule has 3 heteroatoms. The molecule has 0 heterocycles. The van der Waals surface area contributed by atoms with Crippen LogP contribution in [-0.2, 0) is 4.79 Å². The van der Waals surface area contributed by atoms with Crippen LogP contribution in [-0.4, -0.2) is 23.9 Å². The van der Waals surface area contributed by atoms with Crippen molar-refractivity contribution in [1.29, 1.82) is 0 Å². The van der Waals surface area contributed by atoms with Gasteiger partial charge in [-0.25, -0.2) is 0 Å². The molecule has 0 aliphatic heterocycles. The lowest BCUT2D eigenvalue weighted by Crippen LogP contribution is -2.39. The zero-order chi connectivity index (χ0) is 12.7. The van der Waals surface area contributed by atoms with Crippen LogP contribution in [0, 0.1) is 0 Å². The molecule has 0 aliphatic rings. The third kappa shape index (κ3) is 3.71. The van der Waals surface area contributed by atoms with Gasteiger partial charge in [-0.15, -0.1) is 6.58 Å². The van der Waals surface area contributed by atoms with E-state index in [1.54, 1.807) is 11.0 Å². The number of nitrogens with two attached hydrogens (primary N) is 1. The summed E-state index contributed by atoms with van der Waals surface area (Å²) in [4.78, 5) is 13.9. The summed E-state index contributed by atoms with van der Waals surface area (Å²) < 4.78 is 0. The number of carbonyl (C=O) groups excluding carboxylic acids is 1. The van der Waals surface area contributed by atoms with Gasteiger partial charge in [0.15, 0.2) is 0 Å². The predicted octanol–water partition coefficient (Wildman–Crippen LogP) is 2.11. The lowest BCUT2D eigenvalue weighted by Gasteiger charge is -2.24. The van der Waals surface area contributed by atoms with Crippen molar-refractivity contribution in [2.75, 3.05) is 13.1 Å². The first-order valence-corrected chi connectivity index (χ1v) is 5.91. The van der Waals surface area contributed by atoms with Gasteiger partial charge in [-0.05, 0) is 12.0 Å². The van der Waals surface area contributed by atoms with Gasteiger partial charge >= 0.3 is 0 Å². The summed E-state index contributed by atoms with van der Waals surface area (Å²) in [5, 5.41) is 0. The van der Waals surface area contributed by atoms with Gasteiger partial charge in [-0.1, -0.05) is 43.3 Å².